The number of aromatic amines is 1. The van der Waals surface area contributed by atoms with E-state index in [1.54, 1.807) is 12.1 Å². The fraction of sp³-hybridized carbons (Fsp3) is 0.125. The summed E-state index contributed by atoms with van der Waals surface area (Å²) >= 11 is 0. The monoisotopic (exact) mass is 253 g/mol. The Morgan fingerprint density at radius 2 is 1.95 bits per heavy atom. The Kier molecular flexibility index (Phi) is 2.88. The van der Waals surface area contributed by atoms with E-state index < -0.39 is 0 Å². The van der Waals surface area contributed by atoms with Crippen LogP contribution in [0.4, 0.5) is 0 Å². The second-order valence-electron chi connectivity index (χ2n) is 4.62. The van der Waals surface area contributed by atoms with Gasteiger partial charge in [0, 0.05) is 17.0 Å². The Balaban J connectivity index is 1.80. The Labute approximate surface area is 111 Å². The van der Waals surface area contributed by atoms with Crippen LogP contribution < -0.4 is 4.74 Å². The highest BCUT2D eigenvalue weighted by Crippen LogP contribution is 2.22. The Morgan fingerprint density at radius 1 is 1.11 bits per heavy atom. The van der Waals surface area contributed by atoms with Crippen molar-refractivity contribution in [1.29, 1.82) is 0 Å². The topological polar surface area (TPSA) is 45.2 Å². The van der Waals surface area contributed by atoms with Crippen LogP contribution in [0.1, 0.15) is 11.3 Å². The summed E-state index contributed by atoms with van der Waals surface area (Å²) in [6.45, 7) is 2.51. The number of H-pyrrole nitrogens is 1. The van der Waals surface area contributed by atoms with Gasteiger partial charge in [-0.2, -0.15) is 0 Å². The number of hydrogen-bond acceptors (Lipinski definition) is 2. The van der Waals surface area contributed by atoms with Crippen LogP contribution in [-0.4, -0.2) is 10.1 Å². The molecule has 0 bridgehead atoms. The van der Waals surface area contributed by atoms with Gasteiger partial charge in [-0.15, -0.1) is 0 Å². The molecule has 0 saturated heterocycles. The van der Waals surface area contributed by atoms with Crippen LogP contribution in [-0.2, 0) is 6.61 Å². The van der Waals surface area contributed by atoms with Crippen LogP contribution in [0.25, 0.3) is 10.9 Å². The maximum absolute atomic E-state index is 9.43. The van der Waals surface area contributed by atoms with Crippen molar-refractivity contribution < 1.29 is 9.84 Å². The molecular formula is C16H15NO2. The molecule has 0 aliphatic rings. The Morgan fingerprint density at radius 3 is 2.79 bits per heavy atom. The van der Waals surface area contributed by atoms with Crippen LogP contribution in [0.5, 0.6) is 11.5 Å². The summed E-state index contributed by atoms with van der Waals surface area (Å²) in [7, 11) is 0. The zero-order valence-electron chi connectivity index (χ0n) is 10.7. The summed E-state index contributed by atoms with van der Waals surface area (Å²) < 4.78 is 5.79. The summed E-state index contributed by atoms with van der Waals surface area (Å²) in [5.41, 5.74) is 3.03. The van der Waals surface area contributed by atoms with Gasteiger partial charge in [-0.3, -0.25) is 0 Å². The molecule has 0 unspecified atom stereocenters. The number of aryl methyl sites for hydroxylation is 1. The van der Waals surface area contributed by atoms with E-state index in [9.17, 15) is 5.11 Å². The molecule has 3 aromatic rings. The molecule has 19 heavy (non-hydrogen) atoms. The van der Waals surface area contributed by atoms with Crippen molar-refractivity contribution >= 4 is 10.9 Å². The molecule has 1 heterocycles. The van der Waals surface area contributed by atoms with E-state index in [0.29, 0.717) is 6.61 Å². The van der Waals surface area contributed by atoms with E-state index in [-0.39, 0.29) is 5.75 Å². The number of benzene rings is 2. The maximum atomic E-state index is 9.43. The largest absolute Gasteiger partial charge is 0.508 e. The van der Waals surface area contributed by atoms with Crippen LogP contribution in [0.15, 0.2) is 48.5 Å². The van der Waals surface area contributed by atoms with E-state index in [2.05, 4.69) is 4.98 Å². The van der Waals surface area contributed by atoms with Gasteiger partial charge in [-0.05, 0) is 36.8 Å². The van der Waals surface area contributed by atoms with E-state index >= 15 is 0 Å². The average Bonchev–Trinajstić information content (AvgIpc) is 2.79. The number of nitrogens with one attached hydrogen (secondary N) is 1. The van der Waals surface area contributed by atoms with Crippen molar-refractivity contribution in [3.05, 3.63) is 59.8 Å². The third kappa shape index (κ3) is 2.40. The third-order valence-electron chi connectivity index (χ3n) is 3.14. The molecule has 96 valence electrons. The number of para-hydroxylation sites is 1. The highest BCUT2D eigenvalue weighted by molar-refractivity contribution is 5.81. The molecule has 3 rings (SSSR count). The molecule has 1 aromatic heterocycles. The molecule has 0 atom stereocenters. The smallest absolute Gasteiger partial charge is 0.128 e. The van der Waals surface area contributed by atoms with Gasteiger partial charge >= 0.3 is 0 Å². The number of aromatic hydroxyl groups is 1. The molecule has 0 fully saturated rings. The van der Waals surface area contributed by atoms with Crippen LogP contribution in [0.3, 0.4) is 0 Å². The minimum Gasteiger partial charge on any atom is -0.508 e. The van der Waals surface area contributed by atoms with E-state index in [1.165, 1.54) is 0 Å². The lowest BCUT2D eigenvalue weighted by Crippen LogP contribution is -1.96. The van der Waals surface area contributed by atoms with Gasteiger partial charge in [0.2, 0.25) is 0 Å². The van der Waals surface area contributed by atoms with Gasteiger partial charge in [-0.25, -0.2) is 0 Å². The van der Waals surface area contributed by atoms with Crippen molar-refractivity contribution in [2.45, 2.75) is 13.5 Å². The zero-order valence-corrected chi connectivity index (χ0v) is 10.7. The molecule has 3 heteroatoms. The SMILES string of the molecule is Cc1ccccc1OCc1cc2ccc(O)cc2[nH]1. The number of rotatable bonds is 3. The summed E-state index contributed by atoms with van der Waals surface area (Å²) in [4.78, 5) is 3.24. The van der Waals surface area contributed by atoms with Crippen LogP contribution in [0.2, 0.25) is 0 Å². The van der Waals surface area contributed by atoms with E-state index in [4.69, 9.17) is 4.74 Å². The summed E-state index contributed by atoms with van der Waals surface area (Å²) in [5, 5.41) is 10.5. The molecule has 2 N–H and O–H groups in total. The second-order valence-corrected chi connectivity index (χ2v) is 4.62. The Bertz CT molecular complexity index is 716. The fourth-order valence-corrected chi connectivity index (χ4v) is 2.13. The first kappa shape index (κ1) is 11.7. The van der Waals surface area contributed by atoms with Crippen LogP contribution >= 0.6 is 0 Å². The zero-order chi connectivity index (χ0) is 13.2. The van der Waals surface area contributed by atoms with Crippen LogP contribution in [0, 0.1) is 6.92 Å². The molecule has 0 saturated carbocycles. The van der Waals surface area contributed by atoms with Gasteiger partial charge in [-0.1, -0.05) is 18.2 Å². The first-order valence-corrected chi connectivity index (χ1v) is 6.21. The molecule has 0 spiro atoms. The first-order chi connectivity index (χ1) is 9.22. The lowest BCUT2D eigenvalue weighted by atomic mass is 10.2. The normalized spacial score (nSPS) is 10.8. The second kappa shape index (κ2) is 4.69. The number of phenolic OH excluding ortho intramolecular Hbond substituents is 1. The first-order valence-electron chi connectivity index (χ1n) is 6.21. The number of aromatic nitrogens is 1. The summed E-state index contributed by atoms with van der Waals surface area (Å²) in [6.07, 6.45) is 0. The van der Waals surface area contributed by atoms with Gasteiger partial charge in [0.25, 0.3) is 0 Å². The highest BCUT2D eigenvalue weighted by Gasteiger charge is 2.03. The summed E-state index contributed by atoms with van der Waals surface area (Å²) in [6, 6.07) is 15.3. The van der Waals surface area contributed by atoms with Gasteiger partial charge in [0.05, 0.1) is 5.69 Å². The molecule has 0 aliphatic heterocycles. The third-order valence-corrected chi connectivity index (χ3v) is 3.14. The predicted octanol–water partition coefficient (Wildman–Crippen LogP) is 3.76. The van der Waals surface area contributed by atoms with Crippen molar-refractivity contribution in [2.75, 3.05) is 0 Å². The molecular weight excluding hydrogens is 238 g/mol. The molecule has 0 radical (unpaired) electrons. The Hall–Kier alpha value is -2.42. The fourth-order valence-electron chi connectivity index (χ4n) is 2.13. The van der Waals surface area contributed by atoms with Crippen molar-refractivity contribution in [3.63, 3.8) is 0 Å². The van der Waals surface area contributed by atoms with E-state index in [0.717, 1.165) is 27.9 Å². The van der Waals surface area contributed by atoms with Gasteiger partial charge in [0.1, 0.15) is 18.1 Å². The maximum Gasteiger partial charge on any atom is 0.128 e. The average molecular weight is 253 g/mol. The lowest BCUT2D eigenvalue weighted by Gasteiger charge is -2.07. The number of ether oxygens (including phenoxy) is 1. The minimum absolute atomic E-state index is 0.265. The number of hydrogen-bond donors (Lipinski definition) is 2. The molecule has 2 aromatic carbocycles. The van der Waals surface area contributed by atoms with Crippen molar-refractivity contribution in [3.8, 4) is 11.5 Å². The predicted molar refractivity (Wildman–Crippen MR) is 75.5 cm³/mol. The minimum atomic E-state index is 0.265. The number of phenols is 1. The van der Waals surface area contributed by atoms with E-state index in [1.807, 2.05) is 43.3 Å². The van der Waals surface area contributed by atoms with Crippen molar-refractivity contribution in [1.82, 2.24) is 4.98 Å². The molecule has 0 aliphatic carbocycles. The quantitative estimate of drug-likeness (QED) is 0.746. The molecule has 3 nitrogen and oxygen atoms in total. The van der Waals surface area contributed by atoms with Gasteiger partial charge in [0.15, 0.2) is 0 Å². The highest BCUT2D eigenvalue weighted by atomic mass is 16.5. The molecule has 0 amide bonds. The summed E-state index contributed by atoms with van der Waals surface area (Å²) in [5.74, 6) is 1.16. The van der Waals surface area contributed by atoms with Crippen molar-refractivity contribution in [2.24, 2.45) is 0 Å². The standard InChI is InChI=1S/C16H15NO2/c1-11-4-2-3-5-16(11)19-10-13-8-12-6-7-14(18)9-15(12)17-13/h2-9,17-18H,10H2,1H3. The van der Waals surface area contributed by atoms with Gasteiger partial charge < -0.3 is 14.8 Å². The lowest BCUT2D eigenvalue weighted by molar-refractivity contribution is 0.300. The number of fused-ring (bicyclic) bond motifs is 1.